The van der Waals surface area contributed by atoms with Gasteiger partial charge in [-0.05, 0) is 43.2 Å². The SMILES string of the molecule is CC1CCc2c(sc3nc(C(C)Sc4nnc(NCc5ccccc5)s4)[nH]c(=O)c23)C1. The van der Waals surface area contributed by atoms with Gasteiger partial charge in [0.05, 0.1) is 10.6 Å². The molecule has 3 aromatic heterocycles. The second kappa shape index (κ2) is 8.72. The van der Waals surface area contributed by atoms with Crippen molar-refractivity contribution >= 4 is 49.8 Å². The van der Waals surface area contributed by atoms with Gasteiger partial charge in [-0.15, -0.1) is 21.5 Å². The maximum absolute atomic E-state index is 12.9. The zero-order valence-electron chi connectivity index (χ0n) is 17.3. The quantitative estimate of drug-likeness (QED) is 0.367. The van der Waals surface area contributed by atoms with Gasteiger partial charge in [0.2, 0.25) is 5.13 Å². The van der Waals surface area contributed by atoms with Crippen LogP contribution in [0.2, 0.25) is 0 Å². The molecule has 0 saturated carbocycles. The smallest absolute Gasteiger partial charge is 0.259 e. The van der Waals surface area contributed by atoms with E-state index in [-0.39, 0.29) is 10.8 Å². The summed E-state index contributed by atoms with van der Waals surface area (Å²) in [6.45, 7) is 5.03. The van der Waals surface area contributed by atoms with Crippen LogP contribution in [0.25, 0.3) is 10.2 Å². The van der Waals surface area contributed by atoms with Gasteiger partial charge in [0.1, 0.15) is 10.7 Å². The largest absolute Gasteiger partial charge is 0.356 e. The number of fused-ring (bicyclic) bond motifs is 3. The van der Waals surface area contributed by atoms with E-state index in [1.54, 1.807) is 23.1 Å². The van der Waals surface area contributed by atoms with Gasteiger partial charge in [-0.1, -0.05) is 60.4 Å². The number of rotatable bonds is 6. The first-order valence-electron chi connectivity index (χ1n) is 10.4. The van der Waals surface area contributed by atoms with Crippen LogP contribution >= 0.6 is 34.4 Å². The molecule has 2 unspecified atom stereocenters. The van der Waals surface area contributed by atoms with Gasteiger partial charge >= 0.3 is 0 Å². The Morgan fingerprint density at radius 3 is 2.94 bits per heavy atom. The number of thioether (sulfide) groups is 1. The number of aromatic amines is 1. The third-order valence-corrected chi connectivity index (χ3v) is 8.76. The van der Waals surface area contributed by atoms with Gasteiger partial charge in [0, 0.05) is 11.4 Å². The average molecular weight is 470 g/mol. The van der Waals surface area contributed by atoms with Crippen molar-refractivity contribution in [1.82, 2.24) is 20.2 Å². The number of hydrogen-bond acceptors (Lipinski definition) is 8. The molecule has 6 nitrogen and oxygen atoms in total. The average Bonchev–Trinajstić information content (AvgIpc) is 3.36. The zero-order chi connectivity index (χ0) is 21.4. The minimum atomic E-state index is -0.0231. The highest BCUT2D eigenvalue weighted by Gasteiger charge is 2.24. The minimum absolute atomic E-state index is 0.0121. The van der Waals surface area contributed by atoms with E-state index >= 15 is 0 Å². The van der Waals surface area contributed by atoms with E-state index in [9.17, 15) is 4.79 Å². The van der Waals surface area contributed by atoms with Crippen molar-refractivity contribution < 1.29 is 0 Å². The molecule has 0 radical (unpaired) electrons. The number of anilines is 1. The van der Waals surface area contributed by atoms with Crippen LogP contribution in [-0.4, -0.2) is 20.2 Å². The van der Waals surface area contributed by atoms with Crippen molar-refractivity contribution in [1.29, 1.82) is 0 Å². The lowest BCUT2D eigenvalue weighted by atomic mass is 9.89. The van der Waals surface area contributed by atoms with Crippen LogP contribution in [0.1, 0.15) is 47.3 Å². The van der Waals surface area contributed by atoms with Crippen LogP contribution in [0.5, 0.6) is 0 Å². The molecule has 0 amide bonds. The first-order valence-corrected chi connectivity index (χ1v) is 12.9. The van der Waals surface area contributed by atoms with E-state index in [0.717, 1.165) is 39.0 Å². The Morgan fingerprint density at radius 1 is 1.26 bits per heavy atom. The molecule has 2 N–H and O–H groups in total. The molecule has 3 heterocycles. The van der Waals surface area contributed by atoms with Crippen LogP contribution in [0.3, 0.4) is 0 Å². The lowest BCUT2D eigenvalue weighted by Gasteiger charge is -2.17. The molecular formula is C22H23N5OS3. The fourth-order valence-corrected chi connectivity index (χ4v) is 7.21. The Morgan fingerprint density at radius 2 is 2.10 bits per heavy atom. The highest BCUT2D eigenvalue weighted by atomic mass is 32.2. The molecule has 31 heavy (non-hydrogen) atoms. The number of benzene rings is 1. The van der Waals surface area contributed by atoms with Gasteiger partial charge in [-0.25, -0.2) is 4.98 Å². The van der Waals surface area contributed by atoms with Crippen molar-refractivity contribution in [2.45, 2.75) is 49.2 Å². The summed E-state index contributed by atoms with van der Waals surface area (Å²) in [5.74, 6) is 1.37. The second-order valence-corrected chi connectivity index (χ2v) is 11.6. The molecule has 0 spiro atoms. The van der Waals surface area contributed by atoms with Crippen LogP contribution in [0.15, 0.2) is 39.5 Å². The summed E-state index contributed by atoms with van der Waals surface area (Å²) in [6.07, 6.45) is 3.18. The summed E-state index contributed by atoms with van der Waals surface area (Å²) < 4.78 is 0.852. The summed E-state index contributed by atoms with van der Waals surface area (Å²) in [7, 11) is 0. The Labute approximate surface area is 192 Å². The van der Waals surface area contributed by atoms with Gasteiger partial charge in [0.15, 0.2) is 4.34 Å². The van der Waals surface area contributed by atoms with Gasteiger partial charge in [-0.3, -0.25) is 4.79 Å². The number of H-pyrrole nitrogens is 1. The molecule has 0 fully saturated rings. The summed E-state index contributed by atoms with van der Waals surface area (Å²) in [5, 5.41) is 13.4. The van der Waals surface area contributed by atoms with Crippen molar-refractivity contribution in [2.75, 3.05) is 5.32 Å². The van der Waals surface area contributed by atoms with Gasteiger partial charge < -0.3 is 10.3 Å². The van der Waals surface area contributed by atoms with Crippen molar-refractivity contribution in [3.8, 4) is 0 Å². The molecule has 5 rings (SSSR count). The molecule has 2 atom stereocenters. The highest BCUT2D eigenvalue weighted by Crippen LogP contribution is 2.39. The summed E-state index contributed by atoms with van der Waals surface area (Å²) >= 11 is 4.77. The standard InChI is InChI=1S/C22H23N5OS3/c1-12-8-9-15-16(10-12)30-20-17(15)19(28)24-18(25-20)13(2)29-22-27-26-21(31-22)23-11-14-6-4-3-5-7-14/h3-7,12-13H,8-11H2,1-2H3,(H,23,26)(H,24,25,28). The topological polar surface area (TPSA) is 83.6 Å². The number of nitrogens with one attached hydrogen (secondary N) is 2. The minimum Gasteiger partial charge on any atom is -0.356 e. The molecule has 9 heteroatoms. The lowest BCUT2D eigenvalue weighted by molar-refractivity contribution is 0.509. The molecule has 4 aromatic rings. The third kappa shape index (κ3) is 4.40. The summed E-state index contributed by atoms with van der Waals surface area (Å²) in [6, 6.07) is 10.2. The van der Waals surface area contributed by atoms with Gasteiger partial charge in [0.25, 0.3) is 5.56 Å². The predicted octanol–water partition coefficient (Wildman–Crippen LogP) is 5.43. The second-order valence-electron chi connectivity index (χ2n) is 7.96. The number of thiophene rings is 1. The maximum Gasteiger partial charge on any atom is 0.259 e. The van der Waals surface area contributed by atoms with E-state index < -0.39 is 0 Å². The molecular weight excluding hydrogens is 446 g/mol. The Kier molecular flexibility index (Phi) is 5.81. The van der Waals surface area contributed by atoms with Crippen LogP contribution in [0, 0.1) is 5.92 Å². The molecule has 1 aromatic carbocycles. The fourth-order valence-electron chi connectivity index (χ4n) is 3.87. The Bertz CT molecular complexity index is 1260. The number of aromatic nitrogens is 4. The predicted molar refractivity (Wildman–Crippen MR) is 129 cm³/mol. The zero-order valence-corrected chi connectivity index (χ0v) is 19.8. The van der Waals surface area contributed by atoms with E-state index in [1.165, 1.54) is 27.3 Å². The van der Waals surface area contributed by atoms with Crippen molar-refractivity contribution in [3.05, 3.63) is 62.5 Å². The van der Waals surface area contributed by atoms with E-state index in [1.807, 2.05) is 25.1 Å². The molecule has 1 aliphatic carbocycles. The van der Waals surface area contributed by atoms with Crippen molar-refractivity contribution in [2.24, 2.45) is 5.92 Å². The normalized spacial score (nSPS) is 16.9. The lowest BCUT2D eigenvalue weighted by Crippen LogP contribution is -2.15. The van der Waals surface area contributed by atoms with Crippen molar-refractivity contribution in [3.63, 3.8) is 0 Å². The van der Waals surface area contributed by atoms with E-state index in [2.05, 4.69) is 39.6 Å². The monoisotopic (exact) mass is 469 g/mol. The number of nitrogens with zero attached hydrogens (tertiary/aromatic N) is 3. The Balaban J connectivity index is 1.31. The van der Waals surface area contributed by atoms with Crippen LogP contribution in [0.4, 0.5) is 5.13 Å². The summed E-state index contributed by atoms with van der Waals surface area (Å²) in [5.41, 5.74) is 2.40. The Hall–Kier alpha value is -2.23. The third-order valence-electron chi connectivity index (χ3n) is 5.54. The van der Waals surface area contributed by atoms with Crippen LogP contribution in [-0.2, 0) is 19.4 Å². The fraction of sp³-hybridized carbons (Fsp3) is 0.364. The van der Waals surface area contributed by atoms with Gasteiger partial charge in [-0.2, -0.15) is 0 Å². The maximum atomic E-state index is 12.9. The first-order chi connectivity index (χ1) is 15.1. The molecule has 1 aliphatic rings. The van der Waals surface area contributed by atoms with E-state index in [0.29, 0.717) is 18.3 Å². The van der Waals surface area contributed by atoms with E-state index in [4.69, 9.17) is 4.98 Å². The number of aryl methyl sites for hydroxylation is 1. The summed E-state index contributed by atoms with van der Waals surface area (Å²) in [4.78, 5) is 22.9. The van der Waals surface area contributed by atoms with Crippen LogP contribution < -0.4 is 10.9 Å². The number of hydrogen-bond donors (Lipinski definition) is 2. The molecule has 0 bridgehead atoms. The molecule has 0 aliphatic heterocycles. The highest BCUT2D eigenvalue weighted by molar-refractivity contribution is 8.01. The molecule has 160 valence electrons. The first kappa shape index (κ1) is 20.7. The molecule has 0 saturated heterocycles.